The molecule has 0 radical (unpaired) electrons. The van der Waals surface area contributed by atoms with Gasteiger partial charge >= 0.3 is 11.4 Å². The summed E-state index contributed by atoms with van der Waals surface area (Å²) in [4.78, 5) is 26.5. The average Bonchev–Trinajstić information content (AvgIpc) is 2.87. The summed E-state index contributed by atoms with van der Waals surface area (Å²) in [5.74, 6) is 0.691. The van der Waals surface area contributed by atoms with E-state index in [1.807, 2.05) is 18.2 Å². The first-order valence-electron chi connectivity index (χ1n) is 7.59. The van der Waals surface area contributed by atoms with Gasteiger partial charge in [-0.15, -0.1) is 0 Å². The summed E-state index contributed by atoms with van der Waals surface area (Å²) in [5.41, 5.74) is 0.114. The van der Waals surface area contributed by atoms with Crippen LogP contribution in [0.5, 0.6) is 0 Å². The van der Waals surface area contributed by atoms with Gasteiger partial charge in [-0.3, -0.25) is 0 Å². The van der Waals surface area contributed by atoms with Crippen molar-refractivity contribution >= 4 is 31.9 Å². The summed E-state index contributed by atoms with van der Waals surface area (Å²) in [6.45, 7) is 0. The van der Waals surface area contributed by atoms with E-state index in [0.29, 0.717) is 27.2 Å². The summed E-state index contributed by atoms with van der Waals surface area (Å²) in [7, 11) is 0. The molecule has 6 rings (SSSR count). The molecule has 2 aliphatic heterocycles. The van der Waals surface area contributed by atoms with Crippen molar-refractivity contribution in [1.29, 1.82) is 0 Å². The molecular weight excluding hydrogens is 426 g/mol. The van der Waals surface area contributed by atoms with Crippen molar-refractivity contribution in [1.82, 2.24) is 13.9 Å². The highest BCUT2D eigenvalue weighted by Crippen LogP contribution is 2.59. The molecule has 5 nitrogen and oxygen atoms in total. The van der Waals surface area contributed by atoms with Crippen LogP contribution in [-0.2, 0) is 0 Å². The van der Waals surface area contributed by atoms with Gasteiger partial charge in [0.2, 0.25) is 0 Å². The molecular formula is C16H13Br2N3O2. The Balaban J connectivity index is 1.78. The second-order valence-corrected chi connectivity index (χ2v) is 8.45. The first-order valence-corrected chi connectivity index (χ1v) is 9.42. The number of aromatic nitrogens is 3. The second-order valence-electron chi connectivity index (χ2n) is 6.33. The molecule has 3 heterocycles. The van der Waals surface area contributed by atoms with Crippen LogP contribution in [0.25, 0.3) is 5.69 Å². The zero-order valence-corrected chi connectivity index (χ0v) is 15.1. The maximum Gasteiger partial charge on any atom is 0.352 e. The zero-order chi connectivity index (χ0) is 15.9. The largest absolute Gasteiger partial charge is 0.352 e. The molecule has 7 heteroatoms. The SMILES string of the molecule is O=c1n(-c2ccccc2)c(=O)n2n1C1C=CC2C2C(Br)C(Br)C21. The highest BCUT2D eigenvalue weighted by atomic mass is 79.9. The fourth-order valence-electron chi connectivity index (χ4n) is 4.32. The molecule has 0 N–H and O–H groups in total. The third-order valence-corrected chi connectivity index (χ3v) is 8.43. The van der Waals surface area contributed by atoms with E-state index in [1.165, 1.54) is 4.57 Å². The van der Waals surface area contributed by atoms with Gasteiger partial charge in [0.05, 0.1) is 17.8 Å². The van der Waals surface area contributed by atoms with Crippen LogP contribution in [0.1, 0.15) is 12.1 Å². The highest BCUT2D eigenvalue weighted by molar-refractivity contribution is 9.12. The van der Waals surface area contributed by atoms with Gasteiger partial charge in [-0.25, -0.2) is 23.5 Å². The molecule has 1 aromatic carbocycles. The molecule has 0 spiro atoms. The summed E-state index contributed by atoms with van der Waals surface area (Å²) in [6, 6.07) is 9.00. The van der Waals surface area contributed by atoms with E-state index >= 15 is 0 Å². The van der Waals surface area contributed by atoms with Crippen molar-refractivity contribution in [2.24, 2.45) is 11.8 Å². The van der Waals surface area contributed by atoms with Crippen molar-refractivity contribution < 1.29 is 0 Å². The number of hydrogen-bond acceptors (Lipinski definition) is 2. The molecule has 0 amide bonds. The van der Waals surface area contributed by atoms with Crippen LogP contribution in [0, 0.1) is 11.8 Å². The highest BCUT2D eigenvalue weighted by Gasteiger charge is 2.60. The van der Waals surface area contributed by atoms with E-state index in [0.717, 1.165) is 0 Å². The Labute approximate surface area is 148 Å². The number of rotatable bonds is 1. The van der Waals surface area contributed by atoms with Crippen LogP contribution >= 0.6 is 31.9 Å². The number of allylic oxidation sites excluding steroid dienone is 2. The maximum absolute atomic E-state index is 12.9. The Bertz CT molecular complexity index is 887. The van der Waals surface area contributed by atoms with Gasteiger partial charge in [0, 0.05) is 21.5 Å². The topological polar surface area (TPSA) is 48.9 Å². The fourth-order valence-corrected chi connectivity index (χ4v) is 6.36. The lowest BCUT2D eigenvalue weighted by Crippen LogP contribution is -2.63. The molecule has 4 aliphatic rings. The standard InChI is InChI=1S/C16H13Br2N3O2/c17-13-11-9-6-7-10(12(11)14(13)18)21-16(23)19(15(22)20(9)21)8-4-2-1-3-5-8/h1-7,9-14H. The zero-order valence-electron chi connectivity index (χ0n) is 11.9. The Hall–Kier alpha value is -1.34. The van der Waals surface area contributed by atoms with Gasteiger partial charge in [0.25, 0.3) is 0 Å². The predicted molar refractivity (Wildman–Crippen MR) is 93.9 cm³/mol. The minimum atomic E-state index is -0.253. The van der Waals surface area contributed by atoms with Gasteiger partial charge in [0.1, 0.15) is 0 Å². The van der Waals surface area contributed by atoms with Gasteiger partial charge < -0.3 is 0 Å². The van der Waals surface area contributed by atoms with Gasteiger partial charge in [-0.2, -0.15) is 0 Å². The minimum Gasteiger partial charge on any atom is -0.245 e. The summed E-state index contributed by atoms with van der Waals surface area (Å²) < 4.78 is 4.58. The molecule has 1 fully saturated rings. The van der Waals surface area contributed by atoms with E-state index in [2.05, 4.69) is 44.0 Å². The summed E-state index contributed by atoms with van der Waals surface area (Å²) in [6.07, 6.45) is 4.16. The van der Waals surface area contributed by atoms with Gasteiger partial charge in [-0.05, 0) is 12.1 Å². The third-order valence-electron chi connectivity index (χ3n) is 5.36. The Morgan fingerprint density at radius 2 is 1.26 bits per heavy atom. The Morgan fingerprint density at radius 3 is 1.74 bits per heavy atom. The monoisotopic (exact) mass is 437 g/mol. The van der Waals surface area contributed by atoms with E-state index in [-0.39, 0.29) is 23.5 Å². The van der Waals surface area contributed by atoms with Crippen LogP contribution in [0.3, 0.4) is 0 Å². The maximum atomic E-state index is 12.9. The normalized spacial score (nSPS) is 36.4. The van der Waals surface area contributed by atoms with Crippen molar-refractivity contribution in [3.8, 4) is 5.69 Å². The average molecular weight is 439 g/mol. The molecule has 1 saturated carbocycles. The lowest BCUT2D eigenvalue weighted by molar-refractivity contribution is 0.0346. The molecule has 1 aromatic heterocycles. The van der Waals surface area contributed by atoms with Crippen LogP contribution in [0.4, 0.5) is 0 Å². The number of benzene rings is 1. The van der Waals surface area contributed by atoms with Gasteiger partial charge in [-0.1, -0.05) is 62.2 Å². The number of para-hydroxylation sites is 1. The lowest BCUT2D eigenvalue weighted by atomic mass is 9.62. The molecule has 2 aliphatic carbocycles. The third kappa shape index (κ3) is 1.57. The second kappa shape index (κ2) is 4.60. The van der Waals surface area contributed by atoms with E-state index in [4.69, 9.17) is 0 Å². The molecule has 0 saturated heterocycles. The lowest BCUT2D eigenvalue weighted by Gasteiger charge is -2.57. The number of halogens is 2. The molecule has 2 bridgehead atoms. The smallest absolute Gasteiger partial charge is 0.245 e. The van der Waals surface area contributed by atoms with Crippen molar-refractivity contribution in [3.63, 3.8) is 0 Å². The van der Waals surface area contributed by atoms with Crippen molar-refractivity contribution in [2.75, 3.05) is 0 Å². The first-order chi connectivity index (χ1) is 11.1. The number of hydrogen-bond donors (Lipinski definition) is 0. The van der Waals surface area contributed by atoms with Crippen LogP contribution in [0.2, 0.25) is 0 Å². The summed E-state index contributed by atoms with van der Waals surface area (Å²) in [5, 5.41) is 0. The van der Waals surface area contributed by atoms with Crippen molar-refractivity contribution in [2.45, 2.75) is 21.7 Å². The van der Waals surface area contributed by atoms with Gasteiger partial charge in [0.15, 0.2) is 0 Å². The van der Waals surface area contributed by atoms with Crippen LogP contribution in [-0.4, -0.2) is 23.6 Å². The fraction of sp³-hybridized carbons (Fsp3) is 0.375. The Kier molecular flexibility index (Phi) is 2.81. The quantitative estimate of drug-likeness (QED) is 0.506. The Morgan fingerprint density at radius 1 is 0.783 bits per heavy atom. The van der Waals surface area contributed by atoms with Crippen LogP contribution < -0.4 is 11.4 Å². The van der Waals surface area contributed by atoms with Crippen LogP contribution in [0.15, 0.2) is 52.1 Å². The molecule has 118 valence electrons. The van der Waals surface area contributed by atoms with E-state index in [1.54, 1.807) is 21.5 Å². The molecule has 23 heavy (non-hydrogen) atoms. The number of nitrogens with zero attached hydrogens (tertiary/aromatic N) is 3. The molecule has 6 unspecified atom stereocenters. The first kappa shape index (κ1) is 14.0. The molecule has 2 aromatic rings. The summed E-state index contributed by atoms with van der Waals surface area (Å²) >= 11 is 7.45. The minimum absolute atomic E-state index is 0.0617. The van der Waals surface area contributed by atoms with E-state index in [9.17, 15) is 9.59 Å². The molecule has 6 atom stereocenters. The number of alkyl halides is 2. The predicted octanol–water partition coefficient (Wildman–Crippen LogP) is 2.24. The van der Waals surface area contributed by atoms with E-state index < -0.39 is 0 Å². The van der Waals surface area contributed by atoms with Crippen molar-refractivity contribution in [3.05, 3.63) is 63.5 Å².